The minimum Gasteiger partial charge on any atom is -0.478 e. The quantitative estimate of drug-likeness (QED) is 0.892. The molecule has 1 aliphatic carbocycles. The maximum Gasteiger partial charge on any atom is 0.336 e. The fourth-order valence-corrected chi connectivity index (χ4v) is 4.20. The van der Waals surface area contributed by atoms with Gasteiger partial charge in [-0.2, -0.15) is 0 Å². The van der Waals surface area contributed by atoms with E-state index in [1.165, 1.54) is 0 Å². The minimum absolute atomic E-state index is 0.186. The van der Waals surface area contributed by atoms with Gasteiger partial charge in [0.1, 0.15) is 0 Å². The molecule has 4 nitrogen and oxygen atoms in total. The third kappa shape index (κ3) is 2.30. The normalized spacial score (nSPS) is 21.3. The van der Waals surface area contributed by atoms with Crippen molar-refractivity contribution in [3.8, 4) is 0 Å². The van der Waals surface area contributed by atoms with E-state index >= 15 is 0 Å². The lowest BCUT2D eigenvalue weighted by Gasteiger charge is -2.29. The van der Waals surface area contributed by atoms with E-state index in [9.17, 15) is 19.8 Å². The van der Waals surface area contributed by atoms with Crippen molar-refractivity contribution in [3.05, 3.63) is 70.3 Å². The van der Waals surface area contributed by atoms with Crippen LogP contribution in [0.25, 0.3) is 0 Å². The van der Waals surface area contributed by atoms with Crippen LogP contribution in [0.3, 0.4) is 0 Å². The van der Waals surface area contributed by atoms with E-state index in [2.05, 4.69) is 13.8 Å². The molecule has 0 aromatic heterocycles. The Labute approximate surface area is 140 Å². The largest absolute Gasteiger partial charge is 0.478 e. The van der Waals surface area contributed by atoms with Crippen molar-refractivity contribution in [2.45, 2.75) is 38.0 Å². The van der Waals surface area contributed by atoms with Crippen molar-refractivity contribution >= 4 is 11.9 Å². The van der Waals surface area contributed by atoms with E-state index in [0.717, 1.165) is 23.1 Å². The van der Waals surface area contributed by atoms with Crippen LogP contribution in [0.1, 0.15) is 64.6 Å². The molecule has 2 N–H and O–H groups in total. The van der Waals surface area contributed by atoms with Crippen LogP contribution >= 0.6 is 0 Å². The molecule has 24 heavy (non-hydrogen) atoms. The number of aromatic carboxylic acids is 2. The number of benzene rings is 2. The van der Waals surface area contributed by atoms with Crippen LogP contribution < -0.4 is 0 Å². The van der Waals surface area contributed by atoms with Crippen molar-refractivity contribution in [1.82, 2.24) is 0 Å². The summed E-state index contributed by atoms with van der Waals surface area (Å²) in [4.78, 5) is 23.1. The van der Waals surface area contributed by atoms with Gasteiger partial charge in [-0.3, -0.25) is 0 Å². The van der Waals surface area contributed by atoms with Crippen molar-refractivity contribution in [2.24, 2.45) is 0 Å². The zero-order chi connectivity index (χ0) is 17.7. The number of hydrogen-bond acceptors (Lipinski definition) is 2. The average Bonchev–Trinajstić information content (AvgIpc) is 2.75. The predicted molar refractivity (Wildman–Crippen MR) is 90.9 cm³/mol. The lowest BCUT2D eigenvalue weighted by molar-refractivity contribution is 0.0684. The number of fused-ring (bicyclic) bond motifs is 1. The van der Waals surface area contributed by atoms with Crippen LogP contribution in [-0.4, -0.2) is 22.2 Å². The molecule has 0 radical (unpaired) electrons. The Hall–Kier alpha value is -2.62. The molecule has 0 saturated carbocycles. The summed E-state index contributed by atoms with van der Waals surface area (Å²) in [7, 11) is 0. The Morgan fingerprint density at radius 3 is 2.25 bits per heavy atom. The molecule has 0 spiro atoms. The van der Waals surface area contributed by atoms with Gasteiger partial charge in [0.05, 0.1) is 11.1 Å². The van der Waals surface area contributed by atoms with Crippen LogP contribution in [0.4, 0.5) is 0 Å². The van der Waals surface area contributed by atoms with Crippen LogP contribution in [0, 0.1) is 0 Å². The van der Waals surface area contributed by atoms with Gasteiger partial charge in [0.2, 0.25) is 0 Å². The van der Waals surface area contributed by atoms with Gasteiger partial charge in [0.15, 0.2) is 0 Å². The lowest BCUT2D eigenvalue weighted by Crippen LogP contribution is -2.25. The molecule has 2 aromatic carbocycles. The standard InChI is InChI=1S/C20H20O4/c1-19(2)11-20(3,13-7-4-6-12(10-13)17(21)22)16-14(18(23)24)8-5-9-15(16)19/h4-10H,11H2,1-3H3,(H,21,22)(H,23,24). The van der Waals surface area contributed by atoms with Gasteiger partial charge in [0.25, 0.3) is 0 Å². The maximum atomic E-state index is 11.8. The first kappa shape index (κ1) is 16.2. The lowest BCUT2D eigenvalue weighted by atomic mass is 9.73. The van der Waals surface area contributed by atoms with Crippen LogP contribution in [0.2, 0.25) is 0 Å². The molecular weight excluding hydrogens is 304 g/mol. The molecule has 4 heteroatoms. The van der Waals surface area contributed by atoms with Crippen LogP contribution in [-0.2, 0) is 10.8 Å². The van der Waals surface area contributed by atoms with Crippen molar-refractivity contribution < 1.29 is 19.8 Å². The summed E-state index contributed by atoms with van der Waals surface area (Å²) in [6.07, 6.45) is 0.725. The molecule has 3 rings (SSSR count). The predicted octanol–water partition coefficient (Wildman–Crippen LogP) is 4.07. The highest BCUT2D eigenvalue weighted by atomic mass is 16.4. The second-order valence-electron chi connectivity index (χ2n) is 7.31. The number of carbonyl (C=O) groups is 2. The van der Waals surface area contributed by atoms with Gasteiger partial charge < -0.3 is 10.2 Å². The highest BCUT2D eigenvalue weighted by Gasteiger charge is 2.47. The van der Waals surface area contributed by atoms with E-state index in [0.29, 0.717) is 5.56 Å². The van der Waals surface area contributed by atoms with Gasteiger partial charge in [-0.05, 0) is 46.7 Å². The van der Waals surface area contributed by atoms with Crippen LogP contribution in [0.5, 0.6) is 0 Å². The molecule has 1 atom stereocenters. The Morgan fingerprint density at radius 1 is 0.958 bits per heavy atom. The average molecular weight is 324 g/mol. The topological polar surface area (TPSA) is 74.6 Å². The molecule has 124 valence electrons. The molecule has 0 aliphatic heterocycles. The second kappa shape index (κ2) is 5.20. The third-order valence-electron chi connectivity index (χ3n) is 5.12. The molecule has 0 saturated heterocycles. The van der Waals surface area contributed by atoms with E-state index < -0.39 is 17.4 Å². The fraction of sp³-hybridized carbons (Fsp3) is 0.300. The molecular formula is C20H20O4. The summed E-state index contributed by atoms with van der Waals surface area (Å²) in [5.41, 5.74) is 2.43. The van der Waals surface area contributed by atoms with Crippen molar-refractivity contribution in [3.63, 3.8) is 0 Å². The summed E-state index contributed by atoms with van der Waals surface area (Å²) in [5, 5.41) is 18.9. The molecule has 2 aromatic rings. The van der Waals surface area contributed by atoms with Gasteiger partial charge in [-0.1, -0.05) is 45.0 Å². The highest BCUT2D eigenvalue weighted by molar-refractivity contribution is 5.92. The maximum absolute atomic E-state index is 11.8. The summed E-state index contributed by atoms with van der Waals surface area (Å²) in [6.45, 7) is 6.21. The Morgan fingerprint density at radius 2 is 1.62 bits per heavy atom. The molecule has 1 aliphatic rings. The first-order valence-corrected chi connectivity index (χ1v) is 7.88. The zero-order valence-corrected chi connectivity index (χ0v) is 14.0. The van der Waals surface area contributed by atoms with E-state index in [1.54, 1.807) is 30.3 Å². The first-order chi connectivity index (χ1) is 11.2. The monoisotopic (exact) mass is 324 g/mol. The smallest absolute Gasteiger partial charge is 0.336 e. The van der Waals surface area contributed by atoms with E-state index in [4.69, 9.17) is 0 Å². The van der Waals surface area contributed by atoms with Gasteiger partial charge >= 0.3 is 11.9 Å². The molecule has 0 fully saturated rings. The van der Waals surface area contributed by atoms with Crippen molar-refractivity contribution in [1.29, 1.82) is 0 Å². The second-order valence-corrected chi connectivity index (χ2v) is 7.31. The summed E-state index contributed by atoms with van der Waals surface area (Å²) < 4.78 is 0. The van der Waals surface area contributed by atoms with E-state index in [1.807, 2.05) is 19.1 Å². The minimum atomic E-state index is -0.982. The van der Waals surface area contributed by atoms with Gasteiger partial charge in [-0.15, -0.1) is 0 Å². The van der Waals surface area contributed by atoms with Crippen molar-refractivity contribution in [2.75, 3.05) is 0 Å². The Bertz CT molecular complexity index is 850. The van der Waals surface area contributed by atoms with Gasteiger partial charge in [0, 0.05) is 5.41 Å². The molecule has 0 heterocycles. The summed E-state index contributed by atoms with van der Waals surface area (Å²) in [6, 6.07) is 12.2. The fourth-order valence-electron chi connectivity index (χ4n) is 4.20. The zero-order valence-electron chi connectivity index (χ0n) is 14.0. The number of rotatable bonds is 3. The Kier molecular flexibility index (Phi) is 3.52. The third-order valence-corrected chi connectivity index (χ3v) is 5.12. The summed E-state index contributed by atoms with van der Waals surface area (Å²) in [5.74, 6) is -1.94. The number of carboxylic acids is 2. The molecule has 0 bridgehead atoms. The first-order valence-electron chi connectivity index (χ1n) is 7.88. The SMILES string of the molecule is CC1(C)CC(C)(c2cccc(C(=O)O)c2)c2c(C(=O)O)cccc21. The molecule has 1 unspecified atom stereocenters. The van der Waals surface area contributed by atoms with E-state index in [-0.39, 0.29) is 11.0 Å². The number of hydrogen-bond donors (Lipinski definition) is 2. The highest BCUT2D eigenvalue weighted by Crippen LogP contribution is 2.53. The summed E-state index contributed by atoms with van der Waals surface area (Å²) >= 11 is 0. The van der Waals surface area contributed by atoms with Crippen LogP contribution in [0.15, 0.2) is 42.5 Å². The molecule has 0 amide bonds. The Balaban J connectivity index is 2.30. The number of carboxylic acid groups (broad SMARTS) is 2. The van der Waals surface area contributed by atoms with Gasteiger partial charge in [-0.25, -0.2) is 9.59 Å².